The zero-order chi connectivity index (χ0) is 14.3. The summed E-state index contributed by atoms with van der Waals surface area (Å²) in [7, 11) is 0. The Hall–Kier alpha value is -0.840. The number of hydrogen-bond acceptors (Lipinski definition) is 4. The zero-order valence-electron chi connectivity index (χ0n) is 12.7. The van der Waals surface area contributed by atoms with Gasteiger partial charge in [-0.25, -0.2) is 0 Å². The zero-order valence-corrected chi connectivity index (χ0v) is 12.7. The summed E-state index contributed by atoms with van der Waals surface area (Å²) in [6, 6.07) is 2.09. The first-order chi connectivity index (χ1) is 8.71. The van der Waals surface area contributed by atoms with Crippen LogP contribution in [0.1, 0.15) is 44.8 Å². The van der Waals surface area contributed by atoms with E-state index in [1.165, 1.54) is 0 Å². The minimum atomic E-state index is -0.125. The molecule has 19 heavy (non-hydrogen) atoms. The number of morpholine rings is 1. The summed E-state index contributed by atoms with van der Waals surface area (Å²) in [4.78, 5) is 2.39. The van der Waals surface area contributed by atoms with E-state index in [4.69, 9.17) is 14.9 Å². The van der Waals surface area contributed by atoms with Gasteiger partial charge in [0, 0.05) is 13.1 Å². The molecule has 0 spiro atoms. The van der Waals surface area contributed by atoms with E-state index in [-0.39, 0.29) is 11.2 Å². The van der Waals surface area contributed by atoms with E-state index in [1.807, 2.05) is 6.92 Å². The molecule has 1 aromatic rings. The lowest BCUT2D eigenvalue weighted by Gasteiger charge is -2.47. The molecule has 4 nitrogen and oxygen atoms in total. The molecular weight excluding hydrogens is 240 g/mol. The molecule has 1 aliphatic rings. The van der Waals surface area contributed by atoms with Gasteiger partial charge in [-0.15, -0.1) is 0 Å². The number of rotatable bonds is 3. The molecule has 0 unspecified atom stereocenters. The molecule has 0 saturated carbocycles. The van der Waals surface area contributed by atoms with Gasteiger partial charge in [-0.3, -0.25) is 4.90 Å². The van der Waals surface area contributed by atoms with Crippen molar-refractivity contribution >= 4 is 0 Å². The second-order valence-electron chi connectivity index (χ2n) is 6.79. The second-order valence-corrected chi connectivity index (χ2v) is 6.79. The quantitative estimate of drug-likeness (QED) is 0.913. The number of aryl methyl sites for hydroxylation is 1. The van der Waals surface area contributed by atoms with Crippen LogP contribution in [0.5, 0.6) is 0 Å². The van der Waals surface area contributed by atoms with Gasteiger partial charge in [0.2, 0.25) is 0 Å². The minimum Gasteiger partial charge on any atom is -0.463 e. The third kappa shape index (κ3) is 3.59. The molecule has 0 aromatic carbocycles. The monoisotopic (exact) mass is 266 g/mol. The lowest BCUT2D eigenvalue weighted by Crippen LogP contribution is -2.56. The first kappa shape index (κ1) is 14.6. The fourth-order valence-electron chi connectivity index (χ4n) is 3.15. The van der Waals surface area contributed by atoms with Crippen LogP contribution in [0.25, 0.3) is 0 Å². The van der Waals surface area contributed by atoms with Crippen LogP contribution in [0, 0.1) is 6.92 Å². The van der Waals surface area contributed by atoms with E-state index in [2.05, 4.69) is 38.7 Å². The lowest BCUT2D eigenvalue weighted by atomic mass is 9.99. The van der Waals surface area contributed by atoms with Crippen LogP contribution in [0.15, 0.2) is 10.5 Å². The van der Waals surface area contributed by atoms with E-state index in [0.717, 1.165) is 36.7 Å². The van der Waals surface area contributed by atoms with Gasteiger partial charge in [0.1, 0.15) is 11.5 Å². The molecule has 2 N–H and O–H groups in total. The summed E-state index contributed by atoms with van der Waals surface area (Å²) in [6.07, 6.45) is 0. The van der Waals surface area contributed by atoms with Gasteiger partial charge in [0.25, 0.3) is 0 Å². The van der Waals surface area contributed by atoms with Crippen LogP contribution in [-0.4, -0.2) is 29.2 Å². The van der Waals surface area contributed by atoms with Crippen molar-refractivity contribution in [3.05, 3.63) is 23.2 Å². The van der Waals surface area contributed by atoms with E-state index in [0.29, 0.717) is 6.54 Å². The van der Waals surface area contributed by atoms with Crippen LogP contribution >= 0.6 is 0 Å². The summed E-state index contributed by atoms with van der Waals surface area (Å²) in [5.74, 6) is 1.88. The lowest BCUT2D eigenvalue weighted by molar-refractivity contribution is -0.182. The molecule has 0 atom stereocenters. The van der Waals surface area contributed by atoms with Crippen LogP contribution in [0.2, 0.25) is 0 Å². The summed E-state index contributed by atoms with van der Waals surface area (Å²) in [5.41, 5.74) is 6.55. The second kappa shape index (κ2) is 4.93. The standard InChI is InChI=1S/C15H26N2O2/c1-11-6-12(18-13(11)7-16)8-17-9-14(2,3)19-15(4,5)10-17/h6H,7-10,16H2,1-5H3. The maximum absolute atomic E-state index is 6.09. The van der Waals surface area contributed by atoms with Crippen molar-refractivity contribution in [2.75, 3.05) is 13.1 Å². The maximum atomic E-state index is 6.09. The van der Waals surface area contributed by atoms with E-state index >= 15 is 0 Å². The molecule has 0 radical (unpaired) electrons. The molecule has 1 aliphatic heterocycles. The van der Waals surface area contributed by atoms with Gasteiger partial charge in [-0.1, -0.05) is 0 Å². The van der Waals surface area contributed by atoms with Crippen molar-refractivity contribution in [2.45, 2.75) is 58.9 Å². The number of nitrogens with two attached hydrogens (primary N) is 1. The van der Waals surface area contributed by atoms with Crippen molar-refractivity contribution in [1.82, 2.24) is 4.90 Å². The molecule has 0 amide bonds. The van der Waals surface area contributed by atoms with E-state index in [1.54, 1.807) is 0 Å². The fourth-order valence-corrected chi connectivity index (χ4v) is 3.15. The highest BCUT2D eigenvalue weighted by Gasteiger charge is 2.38. The third-order valence-electron chi connectivity index (χ3n) is 3.40. The van der Waals surface area contributed by atoms with Crippen molar-refractivity contribution in [3.8, 4) is 0 Å². The van der Waals surface area contributed by atoms with Gasteiger partial charge in [0.05, 0.1) is 24.3 Å². The van der Waals surface area contributed by atoms with Crippen LogP contribution in [0.4, 0.5) is 0 Å². The number of hydrogen-bond donors (Lipinski definition) is 1. The van der Waals surface area contributed by atoms with E-state index < -0.39 is 0 Å². The first-order valence-electron chi connectivity index (χ1n) is 6.91. The molecule has 2 heterocycles. The first-order valence-corrected chi connectivity index (χ1v) is 6.91. The summed E-state index contributed by atoms with van der Waals surface area (Å²) >= 11 is 0. The highest BCUT2D eigenvalue weighted by Crippen LogP contribution is 2.29. The van der Waals surface area contributed by atoms with Gasteiger partial charge in [0.15, 0.2) is 0 Å². The molecule has 0 bridgehead atoms. The largest absolute Gasteiger partial charge is 0.463 e. The molecule has 108 valence electrons. The summed E-state index contributed by atoms with van der Waals surface area (Å²) in [6.45, 7) is 13.7. The minimum absolute atomic E-state index is 0.125. The summed E-state index contributed by atoms with van der Waals surface area (Å²) in [5, 5.41) is 0. The van der Waals surface area contributed by atoms with Crippen molar-refractivity contribution < 1.29 is 9.15 Å². The van der Waals surface area contributed by atoms with Gasteiger partial charge in [-0.2, -0.15) is 0 Å². The number of nitrogens with zero attached hydrogens (tertiary/aromatic N) is 1. The highest BCUT2D eigenvalue weighted by molar-refractivity contribution is 5.20. The average molecular weight is 266 g/mol. The molecule has 2 rings (SSSR count). The van der Waals surface area contributed by atoms with Crippen molar-refractivity contribution in [1.29, 1.82) is 0 Å². The SMILES string of the molecule is Cc1cc(CN2CC(C)(C)OC(C)(C)C2)oc1CN. The van der Waals surface area contributed by atoms with Crippen molar-refractivity contribution in [2.24, 2.45) is 5.73 Å². The number of ether oxygens (including phenoxy) is 1. The maximum Gasteiger partial charge on any atom is 0.120 e. The fraction of sp³-hybridized carbons (Fsp3) is 0.733. The molecule has 1 fully saturated rings. The Morgan fingerprint density at radius 3 is 2.26 bits per heavy atom. The molecule has 4 heteroatoms. The Bertz CT molecular complexity index is 433. The van der Waals surface area contributed by atoms with Gasteiger partial charge >= 0.3 is 0 Å². The third-order valence-corrected chi connectivity index (χ3v) is 3.40. The van der Waals surface area contributed by atoms with E-state index in [9.17, 15) is 0 Å². The molecule has 0 aliphatic carbocycles. The van der Waals surface area contributed by atoms with Gasteiger partial charge in [-0.05, 0) is 46.2 Å². The average Bonchev–Trinajstić information content (AvgIpc) is 2.53. The smallest absolute Gasteiger partial charge is 0.120 e. The number of furan rings is 1. The van der Waals surface area contributed by atoms with Crippen LogP contribution in [-0.2, 0) is 17.8 Å². The Kier molecular flexibility index (Phi) is 3.78. The normalized spacial score (nSPS) is 22.6. The van der Waals surface area contributed by atoms with Gasteiger partial charge < -0.3 is 14.9 Å². The Balaban J connectivity index is 2.09. The Morgan fingerprint density at radius 2 is 1.79 bits per heavy atom. The Labute approximate surface area is 115 Å². The topological polar surface area (TPSA) is 51.6 Å². The predicted octanol–water partition coefficient (Wildman–Crippen LogP) is 2.44. The predicted molar refractivity (Wildman–Crippen MR) is 75.9 cm³/mol. The highest BCUT2D eigenvalue weighted by atomic mass is 16.5. The molecule has 1 saturated heterocycles. The molecule has 1 aromatic heterocycles. The molecular formula is C15H26N2O2. The van der Waals surface area contributed by atoms with Crippen molar-refractivity contribution in [3.63, 3.8) is 0 Å². The summed E-state index contributed by atoms with van der Waals surface area (Å²) < 4.78 is 11.9. The van der Waals surface area contributed by atoms with Crippen LogP contribution < -0.4 is 5.73 Å². The van der Waals surface area contributed by atoms with Crippen LogP contribution in [0.3, 0.4) is 0 Å². The Morgan fingerprint density at radius 1 is 1.21 bits per heavy atom.